The maximum atomic E-state index is 12.6. The smallest absolute Gasteiger partial charge is 0.140 e. The van der Waals surface area contributed by atoms with Crippen molar-refractivity contribution in [3.05, 3.63) is 12.2 Å². The van der Waals surface area contributed by atoms with Crippen LogP contribution in [0.2, 0.25) is 0 Å². The minimum atomic E-state index is 0.391. The molecule has 3 aliphatic carbocycles. The van der Waals surface area contributed by atoms with Gasteiger partial charge < -0.3 is 0 Å². The lowest BCUT2D eigenvalue weighted by atomic mass is 9.80. The molecule has 0 spiro atoms. The first-order valence-electron chi connectivity index (χ1n) is 7.96. The first kappa shape index (κ1) is 12.4. The molecule has 0 heterocycles. The predicted molar refractivity (Wildman–Crippen MR) is 74.1 cm³/mol. The molecule has 0 saturated heterocycles. The molecule has 2 bridgehead atoms. The van der Waals surface area contributed by atoms with E-state index in [1.807, 2.05) is 0 Å². The summed E-state index contributed by atoms with van der Waals surface area (Å²) >= 11 is 0. The Hall–Kier alpha value is -0.590. The van der Waals surface area contributed by atoms with Crippen molar-refractivity contribution in [1.82, 2.24) is 0 Å². The molecule has 1 nitrogen and oxygen atoms in total. The molecule has 3 rings (SSSR count). The number of rotatable bonds is 5. The van der Waals surface area contributed by atoms with E-state index in [-0.39, 0.29) is 0 Å². The molecule has 6 atom stereocenters. The minimum Gasteiger partial charge on any atom is -0.299 e. The molecule has 2 saturated carbocycles. The molecule has 18 heavy (non-hydrogen) atoms. The van der Waals surface area contributed by atoms with E-state index in [9.17, 15) is 4.79 Å². The number of hydrogen-bond donors (Lipinski definition) is 0. The second-order valence-electron chi connectivity index (χ2n) is 6.77. The van der Waals surface area contributed by atoms with Gasteiger partial charge in [-0.1, -0.05) is 51.7 Å². The van der Waals surface area contributed by atoms with Crippen molar-refractivity contribution in [2.75, 3.05) is 0 Å². The zero-order valence-electron chi connectivity index (χ0n) is 11.8. The molecule has 100 valence electrons. The quantitative estimate of drug-likeness (QED) is 0.524. The van der Waals surface area contributed by atoms with Crippen LogP contribution < -0.4 is 0 Å². The van der Waals surface area contributed by atoms with Gasteiger partial charge in [-0.05, 0) is 36.5 Å². The lowest BCUT2D eigenvalue weighted by molar-refractivity contribution is -0.125. The third-order valence-electron chi connectivity index (χ3n) is 5.82. The first-order valence-corrected chi connectivity index (χ1v) is 7.96. The van der Waals surface area contributed by atoms with E-state index in [2.05, 4.69) is 26.0 Å². The van der Waals surface area contributed by atoms with Crippen LogP contribution >= 0.6 is 0 Å². The Labute approximate surface area is 111 Å². The van der Waals surface area contributed by atoms with Crippen LogP contribution in [0.4, 0.5) is 0 Å². The van der Waals surface area contributed by atoms with E-state index >= 15 is 0 Å². The van der Waals surface area contributed by atoms with Gasteiger partial charge in [-0.25, -0.2) is 0 Å². The Morgan fingerprint density at radius 3 is 2.67 bits per heavy atom. The summed E-state index contributed by atoms with van der Waals surface area (Å²) in [6, 6.07) is 0. The van der Waals surface area contributed by atoms with Crippen LogP contribution in [0.5, 0.6) is 0 Å². The summed E-state index contributed by atoms with van der Waals surface area (Å²) in [5, 5.41) is 0. The average Bonchev–Trinajstić information content (AvgIpc) is 3.02. The number of carbonyl (C=O) groups excluding carboxylic acids is 1. The third kappa shape index (κ3) is 1.78. The Morgan fingerprint density at radius 1 is 1.17 bits per heavy atom. The largest absolute Gasteiger partial charge is 0.299 e. The van der Waals surface area contributed by atoms with Crippen molar-refractivity contribution in [1.29, 1.82) is 0 Å². The fourth-order valence-electron chi connectivity index (χ4n) is 4.95. The van der Waals surface area contributed by atoms with Crippen LogP contribution in [-0.2, 0) is 4.79 Å². The zero-order valence-corrected chi connectivity index (χ0v) is 11.8. The fraction of sp³-hybridized carbons (Fsp3) is 0.824. The van der Waals surface area contributed by atoms with E-state index in [1.165, 1.54) is 32.1 Å². The third-order valence-corrected chi connectivity index (χ3v) is 5.82. The highest BCUT2D eigenvalue weighted by Crippen LogP contribution is 2.58. The van der Waals surface area contributed by atoms with Crippen molar-refractivity contribution in [3.8, 4) is 0 Å². The topological polar surface area (TPSA) is 17.1 Å². The molecular formula is C17H26O. The molecular weight excluding hydrogens is 220 g/mol. The predicted octanol–water partition coefficient (Wildman–Crippen LogP) is 4.23. The number of ketones is 1. The SMILES string of the molecule is CCCCCC[C@@H]1C(=O)[C@H]2[C@@H]([C@H]1C)[C@@H]1C=C[C@H]2C1. The first-order chi connectivity index (χ1) is 8.74. The summed E-state index contributed by atoms with van der Waals surface area (Å²) in [6.07, 6.45) is 12.3. The van der Waals surface area contributed by atoms with Crippen LogP contribution in [0.25, 0.3) is 0 Å². The van der Waals surface area contributed by atoms with Crippen LogP contribution in [0.15, 0.2) is 12.2 Å². The zero-order chi connectivity index (χ0) is 12.7. The Bertz CT molecular complexity index is 357. The molecule has 2 fully saturated rings. The van der Waals surface area contributed by atoms with Gasteiger partial charge in [-0.15, -0.1) is 0 Å². The number of unbranched alkanes of at least 4 members (excludes halogenated alkanes) is 3. The van der Waals surface area contributed by atoms with E-state index in [4.69, 9.17) is 0 Å². The monoisotopic (exact) mass is 246 g/mol. The van der Waals surface area contributed by atoms with Gasteiger partial charge in [0.25, 0.3) is 0 Å². The molecule has 3 aliphatic rings. The van der Waals surface area contributed by atoms with E-state index in [0.717, 1.165) is 12.3 Å². The number of fused-ring (bicyclic) bond motifs is 5. The molecule has 0 amide bonds. The lowest BCUT2D eigenvalue weighted by Crippen LogP contribution is -2.21. The highest BCUT2D eigenvalue weighted by Gasteiger charge is 2.57. The normalized spacial score (nSPS) is 44.9. The van der Waals surface area contributed by atoms with E-state index < -0.39 is 0 Å². The number of hydrogen-bond acceptors (Lipinski definition) is 1. The maximum absolute atomic E-state index is 12.6. The second-order valence-corrected chi connectivity index (χ2v) is 6.77. The molecule has 1 heteroatoms. The van der Waals surface area contributed by atoms with Crippen molar-refractivity contribution < 1.29 is 4.79 Å². The van der Waals surface area contributed by atoms with Gasteiger partial charge in [-0.3, -0.25) is 4.79 Å². The number of allylic oxidation sites excluding steroid dienone is 2. The van der Waals surface area contributed by atoms with Gasteiger partial charge in [0.1, 0.15) is 5.78 Å². The number of carbonyl (C=O) groups is 1. The maximum Gasteiger partial charge on any atom is 0.140 e. The van der Waals surface area contributed by atoms with Gasteiger partial charge in [0.2, 0.25) is 0 Å². The Balaban J connectivity index is 1.63. The van der Waals surface area contributed by atoms with Crippen molar-refractivity contribution >= 4 is 5.78 Å². The van der Waals surface area contributed by atoms with E-state index in [1.54, 1.807) is 0 Å². The molecule has 0 aromatic heterocycles. The summed E-state index contributed by atoms with van der Waals surface area (Å²) in [7, 11) is 0. The van der Waals surface area contributed by atoms with Gasteiger partial charge in [0, 0.05) is 11.8 Å². The van der Waals surface area contributed by atoms with Crippen molar-refractivity contribution in [3.63, 3.8) is 0 Å². The van der Waals surface area contributed by atoms with Crippen LogP contribution in [0.1, 0.15) is 52.4 Å². The summed E-state index contributed by atoms with van der Waals surface area (Å²) in [5.74, 6) is 4.11. The van der Waals surface area contributed by atoms with Crippen LogP contribution in [0.3, 0.4) is 0 Å². The van der Waals surface area contributed by atoms with E-state index in [0.29, 0.717) is 35.4 Å². The Morgan fingerprint density at radius 2 is 1.94 bits per heavy atom. The van der Waals surface area contributed by atoms with Crippen molar-refractivity contribution in [2.45, 2.75) is 52.4 Å². The van der Waals surface area contributed by atoms with Gasteiger partial charge in [0.05, 0.1) is 0 Å². The summed E-state index contributed by atoms with van der Waals surface area (Å²) < 4.78 is 0. The van der Waals surface area contributed by atoms with Gasteiger partial charge >= 0.3 is 0 Å². The summed E-state index contributed by atoms with van der Waals surface area (Å²) in [6.45, 7) is 4.60. The van der Waals surface area contributed by atoms with Crippen molar-refractivity contribution in [2.24, 2.45) is 35.5 Å². The van der Waals surface area contributed by atoms with Crippen LogP contribution in [0, 0.1) is 35.5 Å². The second kappa shape index (κ2) is 4.83. The molecule has 0 aromatic rings. The highest BCUT2D eigenvalue weighted by atomic mass is 16.1. The van der Waals surface area contributed by atoms with Gasteiger partial charge in [-0.2, -0.15) is 0 Å². The summed E-state index contributed by atoms with van der Waals surface area (Å²) in [4.78, 5) is 12.6. The average molecular weight is 246 g/mol. The standard InChI is InChI=1S/C17H26O/c1-3-4-5-6-7-14-11(2)15-12-8-9-13(10-12)16(15)17(14)18/h8-9,11-16H,3-7,10H2,1-2H3/t11-,12+,13-,14-,15-,16+/m0/s1. The molecule has 0 unspecified atom stereocenters. The molecule has 0 aliphatic heterocycles. The number of Topliss-reactive ketones (excluding diaryl/α,β-unsaturated/α-hetero) is 1. The highest BCUT2D eigenvalue weighted by molar-refractivity contribution is 5.87. The lowest BCUT2D eigenvalue weighted by Gasteiger charge is -2.23. The molecule has 0 N–H and O–H groups in total. The van der Waals surface area contributed by atoms with Gasteiger partial charge in [0.15, 0.2) is 0 Å². The molecule has 0 radical (unpaired) electrons. The summed E-state index contributed by atoms with van der Waals surface area (Å²) in [5.41, 5.74) is 0. The Kier molecular flexibility index (Phi) is 3.34. The fourth-order valence-corrected chi connectivity index (χ4v) is 4.95. The van der Waals surface area contributed by atoms with Crippen LogP contribution in [-0.4, -0.2) is 5.78 Å². The minimum absolute atomic E-state index is 0.391. The molecule has 0 aromatic carbocycles.